The summed E-state index contributed by atoms with van der Waals surface area (Å²) in [6.07, 6.45) is -5.85. The molecule has 2 rings (SSSR count). The SMILES string of the molecule is CCOC(=O)Nc1[nH]c2ccc(Br)cc2c1C(C)(O)C(F)(F)F. The number of aromatic amines is 1. The lowest BCUT2D eigenvalue weighted by atomic mass is 9.94. The van der Waals surface area contributed by atoms with Crippen LogP contribution in [0.15, 0.2) is 22.7 Å². The molecule has 9 heteroatoms. The minimum Gasteiger partial charge on any atom is -0.450 e. The third-order valence-electron chi connectivity index (χ3n) is 3.30. The molecule has 1 amide bonds. The zero-order chi connectivity index (χ0) is 17.4. The summed E-state index contributed by atoms with van der Waals surface area (Å²) in [5.74, 6) is -0.265. The maximum Gasteiger partial charge on any atom is 0.421 e. The van der Waals surface area contributed by atoms with Gasteiger partial charge in [0.05, 0.1) is 6.61 Å². The fraction of sp³-hybridized carbons (Fsp3) is 0.357. The van der Waals surface area contributed by atoms with Crippen molar-refractivity contribution in [1.29, 1.82) is 0 Å². The van der Waals surface area contributed by atoms with Gasteiger partial charge < -0.3 is 14.8 Å². The van der Waals surface area contributed by atoms with E-state index in [0.717, 1.165) is 0 Å². The van der Waals surface area contributed by atoms with E-state index in [1.165, 1.54) is 12.1 Å². The first kappa shape index (κ1) is 17.6. The predicted molar refractivity (Wildman–Crippen MR) is 82.3 cm³/mol. The molecule has 5 nitrogen and oxygen atoms in total. The smallest absolute Gasteiger partial charge is 0.421 e. The molecule has 0 saturated heterocycles. The first-order valence-electron chi connectivity index (χ1n) is 6.62. The van der Waals surface area contributed by atoms with Gasteiger partial charge in [0.1, 0.15) is 5.82 Å². The summed E-state index contributed by atoms with van der Waals surface area (Å²) in [4.78, 5) is 14.2. The summed E-state index contributed by atoms with van der Waals surface area (Å²) in [6.45, 7) is 2.25. The number of hydrogen-bond acceptors (Lipinski definition) is 3. The molecular weight excluding hydrogens is 381 g/mol. The number of benzene rings is 1. The molecule has 0 aliphatic rings. The molecule has 0 aliphatic heterocycles. The number of hydrogen-bond donors (Lipinski definition) is 3. The number of alkyl halides is 3. The summed E-state index contributed by atoms with van der Waals surface area (Å²) < 4.78 is 45.0. The summed E-state index contributed by atoms with van der Waals surface area (Å²) in [7, 11) is 0. The van der Waals surface area contributed by atoms with Gasteiger partial charge in [0.15, 0.2) is 5.60 Å². The Morgan fingerprint density at radius 3 is 2.65 bits per heavy atom. The Kier molecular flexibility index (Phi) is 4.63. The molecule has 3 N–H and O–H groups in total. The summed E-state index contributed by atoms with van der Waals surface area (Å²) in [6, 6.07) is 4.59. The van der Waals surface area contributed by atoms with Crippen LogP contribution in [0.2, 0.25) is 0 Å². The third-order valence-corrected chi connectivity index (χ3v) is 3.80. The van der Waals surface area contributed by atoms with Crippen molar-refractivity contribution in [1.82, 2.24) is 4.98 Å². The van der Waals surface area contributed by atoms with E-state index in [-0.39, 0.29) is 17.8 Å². The van der Waals surface area contributed by atoms with E-state index in [1.54, 1.807) is 13.0 Å². The first-order chi connectivity index (χ1) is 10.6. The normalized spacial score (nSPS) is 14.6. The molecule has 0 bridgehead atoms. The van der Waals surface area contributed by atoms with Crippen LogP contribution in [0.5, 0.6) is 0 Å². The van der Waals surface area contributed by atoms with Gasteiger partial charge in [-0.15, -0.1) is 0 Å². The standard InChI is InChI=1S/C14H14BrF3N2O3/c1-3-23-12(21)20-11-10(13(2,22)14(16,17)18)8-6-7(15)4-5-9(8)19-11/h4-6,19,22H,3H2,1-2H3,(H,20,21). The predicted octanol–water partition coefficient (Wildman–Crippen LogP) is 4.27. The molecule has 126 valence electrons. The Morgan fingerprint density at radius 1 is 1.43 bits per heavy atom. The van der Waals surface area contributed by atoms with Gasteiger partial charge in [-0.1, -0.05) is 15.9 Å². The van der Waals surface area contributed by atoms with Crippen LogP contribution in [0.1, 0.15) is 19.4 Å². The lowest BCUT2D eigenvalue weighted by Gasteiger charge is -2.27. The fourth-order valence-electron chi connectivity index (χ4n) is 2.17. The number of H-pyrrole nitrogens is 1. The summed E-state index contributed by atoms with van der Waals surface area (Å²) in [5, 5.41) is 12.4. The molecule has 1 unspecified atom stereocenters. The Bertz CT molecular complexity index is 741. The van der Waals surface area contributed by atoms with Crippen molar-refractivity contribution in [3.8, 4) is 0 Å². The molecule has 1 aromatic carbocycles. The van der Waals surface area contributed by atoms with Gasteiger partial charge in [0, 0.05) is 20.9 Å². The molecule has 0 radical (unpaired) electrons. The Hall–Kier alpha value is -1.74. The number of carbonyl (C=O) groups is 1. The second kappa shape index (κ2) is 6.04. The number of rotatable bonds is 3. The highest BCUT2D eigenvalue weighted by atomic mass is 79.9. The molecule has 1 aromatic heterocycles. The molecule has 0 aliphatic carbocycles. The molecule has 0 spiro atoms. The zero-order valence-electron chi connectivity index (χ0n) is 12.2. The highest BCUT2D eigenvalue weighted by Crippen LogP contribution is 2.45. The van der Waals surface area contributed by atoms with Crippen LogP contribution in [0.4, 0.5) is 23.8 Å². The first-order valence-corrected chi connectivity index (χ1v) is 7.41. The van der Waals surface area contributed by atoms with E-state index in [9.17, 15) is 23.1 Å². The molecule has 1 heterocycles. The quantitative estimate of drug-likeness (QED) is 0.727. The van der Waals surface area contributed by atoms with Gasteiger partial charge in [-0.05, 0) is 32.0 Å². The van der Waals surface area contributed by atoms with E-state index in [1.807, 2.05) is 0 Å². The van der Waals surface area contributed by atoms with Gasteiger partial charge in [-0.25, -0.2) is 4.79 Å². The van der Waals surface area contributed by atoms with Crippen LogP contribution < -0.4 is 5.32 Å². The molecule has 23 heavy (non-hydrogen) atoms. The Morgan fingerprint density at radius 2 is 2.09 bits per heavy atom. The zero-order valence-corrected chi connectivity index (χ0v) is 13.8. The van der Waals surface area contributed by atoms with E-state index in [2.05, 4.69) is 31.0 Å². The van der Waals surface area contributed by atoms with Crippen molar-refractivity contribution >= 4 is 38.7 Å². The van der Waals surface area contributed by atoms with E-state index >= 15 is 0 Å². The van der Waals surface area contributed by atoms with Gasteiger partial charge in [-0.3, -0.25) is 5.32 Å². The largest absolute Gasteiger partial charge is 0.450 e. The summed E-state index contributed by atoms with van der Waals surface area (Å²) in [5.41, 5.74) is -3.31. The minimum absolute atomic E-state index is 0.0581. The Balaban J connectivity index is 2.67. The number of halogens is 4. The van der Waals surface area contributed by atoms with E-state index < -0.39 is 23.4 Å². The maximum atomic E-state index is 13.3. The van der Waals surface area contributed by atoms with Crippen LogP contribution in [0.25, 0.3) is 10.9 Å². The van der Waals surface area contributed by atoms with Crippen molar-refractivity contribution < 1.29 is 27.8 Å². The number of ether oxygens (including phenoxy) is 1. The van der Waals surface area contributed by atoms with Crippen LogP contribution in [-0.4, -0.2) is 29.0 Å². The van der Waals surface area contributed by atoms with Crippen LogP contribution in [-0.2, 0) is 10.3 Å². The lowest BCUT2D eigenvalue weighted by molar-refractivity contribution is -0.258. The van der Waals surface area contributed by atoms with Crippen LogP contribution in [0, 0.1) is 0 Å². The topological polar surface area (TPSA) is 74.3 Å². The number of aliphatic hydroxyl groups is 1. The monoisotopic (exact) mass is 394 g/mol. The van der Waals surface area contributed by atoms with Crippen LogP contribution >= 0.6 is 15.9 Å². The van der Waals surface area contributed by atoms with Gasteiger partial charge in [-0.2, -0.15) is 13.2 Å². The number of aromatic nitrogens is 1. The molecular formula is C14H14BrF3N2O3. The number of anilines is 1. The van der Waals surface area contributed by atoms with Gasteiger partial charge >= 0.3 is 12.3 Å². The minimum atomic E-state index is -4.93. The highest BCUT2D eigenvalue weighted by molar-refractivity contribution is 9.10. The second-order valence-electron chi connectivity index (χ2n) is 4.98. The number of amides is 1. The van der Waals surface area contributed by atoms with Crippen LogP contribution in [0.3, 0.4) is 0 Å². The average molecular weight is 395 g/mol. The van der Waals surface area contributed by atoms with Gasteiger partial charge in [0.2, 0.25) is 0 Å². The van der Waals surface area contributed by atoms with Crippen molar-refractivity contribution in [2.45, 2.75) is 25.6 Å². The molecule has 1 atom stereocenters. The van der Waals surface area contributed by atoms with Crippen molar-refractivity contribution in [3.05, 3.63) is 28.2 Å². The van der Waals surface area contributed by atoms with E-state index in [4.69, 9.17) is 0 Å². The van der Waals surface area contributed by atoms with Crippen molar-refractivity contribution in [3.63, 3.8) is 0 Å². The number of carbonyl (C=O) groups excluding carboxylic acids is 1. The van der Waals surface area contributed by atoms with Crippen molar-refractivity contribution in [2.24, 2.45) is 0 Å². The fourth-order valence-corrected chi connectivity index (χ4v) is 2.54. The molecule has 0 fully saturated rings. The maximum absolute atomic E-state index is 13.3. The average Bonchev–Trinajstić information content (AvgIpc) is 2.74. The highest BCUT2D eigenvalue weighted by Gasteiger charge is 2.53. The van der Waals surface area contributed by atoms with Gasteiger partial charge in [0.25, 0.3) is 0 Å². The molecule has 2 aromatic rings. The molecule has 0 saturated carbocycles. The van der Waals surface area contributed by atoms with Crippen molar-refractivity contribution in [2.75, 3.05) is 11.9 Å². The second-order valence-corrected chi connectivity index (χ2v) is 5.90. The lowest BCUT2D eigenvalue weighted by Crippen LogP contribution is -2.39. The summed E-state index contributed by atoms with van der Waals surface area (Å²) >= 11 is 3.18. The number of nitrogens with one attached hydrogen (secondary N) is 2. The third kappa shape index (κ3) is 3.30. The Labute approximate surface area is 137 Å². The number of fused-ring (bicyclic) bond motifs is 1. The van der Waals surface area contributed by atoms with E-state index in [0.29, 0.717) is 16.9 Å².